The van der Waals surface area contributed by atoms with E-state index in [9.17, 15) is 20.1 Å². The van der Waals surface area contributed by atoms with E-state index >= 15 is 0 Å². The number of fused-ring (bicyclic) bond motifs is 1. The summed E-state index contributed by atoms with van der Waals surface area (Å²) in [6, 6.07) is 18.9. The van der Waals surface area contributed by atoms with Gasteiger partial charge < -0.3 is 30.7 Å². The zero-order valence-corrected chi connectivity index (χ0v) is 24.9. The molecule has 5 rings (SSSR count). The van der Waals surface area contributed by atoms with E-state index in [2.05, 4.69) is 27.7 Å². The summed E-state index contributed by atoms with van der Waals surface area (Å²) in [7, 11) is 0. The van der Waals surface area contributed by atoms with Crippen LogP contribution in [-0.2, 0) is 23.1 Å². The number of rotatable bonds is 8. The Bertz CT molecular complexity index is 1580. The van der Waals surface area contributed by atoms with Crippen LogP contribution in [0.25, 0.3) is 21.9 Å². The molecule has 2 heterocycles. The minimum atomic E-state index is -1.02. The molecule has 0 radical (unpaired) electrons. The predicted molar refractivity (Wildman–Crippen MR) is 170 cm³/mol. The molecule has 2 amide bonds. The van der Waals surface area contributed by atoms with Gasteiger partial charge in [-0.15, -0.1) is 0 Å². The molecule has 1 aliphatic rings. The average Bonchev–Trinajstić information content (AvgIpc) is 2.99. The first-order valence-electron chi connectivity index (χ1n) is 14.6. The molecule has 9 heteroatoms. The highest BCUT2D eigenvalue weighted by molar-refractivity contribution is 6.10. The lowest BCUT2D eigenvalue weighted by atomic mass is 9.85. The van der Waals surface area contributed by atoms with Crippen LogP contribution in [0.5, 0.6) is 5.75 Å². The molecule has 1 unspecified atom stereocenters. The molecular formula is C34H40N4O5. The van der Waals surface area contributed by atoms with Gasteiger partial charge in [-0.25, -0.2) is 4.79 Å². The monoisotopic (exact) mass is 584 g/mol. The minimum Gasteiger partial charge on any atom is -0.505 e. The van der Waals surface area contributed by atoms with Crippen LogP contribution in [0.4, 0.5) is 16.2 Å². The molecule has 0 aliphatic carbocycles. The van der Waals surface area contributed by atoms with E-state index in [1.807, 2.05) is 63.4 Å². The number of phenolic OH excluding ortho intramolecular Hbond substituents is 1. The summed E-state index contributed by atoms with van der Waals surface area (Å²) in [6.07, 6.45) is 0.926. The molecule has 9 nitrogen and oxygen atoms in total. The fraction of sp³-hybridized carbons (Fsp3) is 0.353. The molecule has 4 aromatic rings. The second-order valence-electron chi connectivity index (χ2n) is 12.0. The Kier molecular flexibility index (Phi) is 9.27. The van der Waals surface area contributed by atoms with Crippen LogP contribution in [0.3, 0.4) is 0 Å². The number of carbonyl (C=O) groups excluding carboxylic acids is 1. The van der Waals surface area contributed by atoms with Gasteiger partial charge in [-0.1, -0.05) is 63.2 Å². The van der Waals surface area contributed by atoms with E-state index in [1.54, 1.807) is 12.1 Å². The number of urea groups is 1. The van der Waals surface area contributed by atoms with Crippen LogP contribution < -0.4 is 10.6 Å². The molecule has 1 fully saturated rings. The van der Waals surface area contributed by atoms with Crippen molar-refractivity contribution in [1.82, 2.24) is 9.88 Å². The van der Waals surface area contributed by atoms with E-state index in [0.717, 1.165) is 66.0 Å². The second kappa shape index (κ2) is 13.1. The van der Waals surface area contributed by atoms with Gasteiger partial charge in [0.2, 0.25) is 0 Å². The number of anilines is 2. The fourth-order valence-corrected chi connectivity index (χ4v) is 5.30. The number of aromatic nitrogens is 1. The zero-order chi connectivity index (χ0) is 30.6. The number of ether oxygens (including phenoxy) is 1. The molecule has 0 saturated carbocycles. The zero-order valence-electron chi connectivity index (χ0n) is 24.9. The van der Waals surface area contributed by atoms with Gasteiger partial charge in [0.1, 0.15) is 5.75 Å². The van der Waals surface area contributed by atoms with Gasteiger partial charge in [-0.2, -0.15) is 0 Å². The molecule has 1 aliphatic heterocycles. The smallest absolute Gasteiger partial charge is 0.323 e. The van der Waals surface area contributed by atoms with Gasteiger partial charge in [-0.05, 0) is 45.7 Å². The SMILES string of the molecule is CC(C)(C)c1cc(CC(O)CO)c(O)c(NC(=O)Nc2ccc(-c3ccc(CN4CCOCC4)nc3)c3ccccc23)c1. The number of morpholine rings is 1. The Morgan fingerprint density at radius 2 is 1.72 bits per heavy atom. The molecule has 3 aromatic carbocycles. The third kappa shape index (κ3) is 7.32. The number of nitrogens with zero attached hydrogens (tertiary/aromatic N) is 2. The van der Waals surface area contributed by atoms with Crippen molar-refractivity contribution in [3.05, 3.63) is 83.7 Å². The molecule has 0 spiro atoms. The van der Waals surface area contributed by atoms with Crippen LogP contribution in [-0.4, -0.2) is 70.2 Å². The lowest BCUT2D eigenvalue weighted by Gasteiger charge is -2.26. The Morgan fingerprint density at radius 1 is 1.00 bits per heavy atom. The first-order chi connectivity index (χ1) is 20.6. The van der Waals surface area contributed by atoms with E-state index in [0.29, 0.717) is 11.3 Å². The number of aromatic hydroxyl groups is 1. The van der Waals surface area contributed by atoms with Crippen LogP contribution in [0, 0.1) is 0 Å². The highest BCUT2D eigenvalue weighted by atomic mass is 16.5. The summed E-state index contributed by atoms with van der Waals surface area (Å²) in [5.74, 6) is -0.138. The van der Waals surface area contributed by atoms with Crippen molar-refractivity contribution in [3.8, 4) is 16.9 Å². The van der Waals surface area contributed by atoms with Crippen LogP contribution in [0.1, 0.15) is 37.6 Å². The number of carbonyl (C=O) groups is 1. The van der Waals surface area contributed by atoms with Crippen molar-refractivity contribution < 1.29 is 24.9 Å². The van der Waals surface area contributed by atoms with Gasteiger partial charge in [-0.3, -0.25) is 9.88 Å². The van der Waals surface area contributed by atoms with Gasteiger partial charge in [0.15, 0.2) is 0 Å². The number of aliphatic hydroxyl groups is 2. The van der Waals surface area contributed by atoms with Gasteiger partial charge >= 0.3 is 6.03 Å². The number of pyridine rings is 1. The van der Waals surface area contributed by atoms with Crippen LogP contribution in [0.15, 0.2) is 66.9 Å². The largest absolute Gasteiger partial charge is 0.505 e. The fourth-order valence-electron chi connectivity index (χ4n) is 5.30. The standard InChI is InChI=1S/C34H40N4O5/c1-34(2,3)24-16-23(17-26(40)21-39)32(41)31(18-24)37-33(42)36-30-11-10-27(28-6-4-5-7-29(28)30)22-8-9-25(35-19-22)20-38-12-14-43-15-13-38/h4-11,16,18-19,26,39-41H,12-15,17,20-21H2,1-3H3,(H2,36,37,42). The quantitative estimate of drug-likeness (QED) is 0.178. The molecule has 1 aromatic heterocycles. The number of amides is 2. The second-order valence-corrected chi connectivity index (χ2v) is 12.0. The molecule has 1 saturated heterocycles. The number of hydrogen-bond donors (Lipinski definition) is 5. The Hall–Kier alpha value is -4.02. The molecule has 0 bridgehead atoms. The van der Waals surface area contributed by atoms with E-state index in [4.69, 9.17) is 9.72 Å². The maximum Gasteiger partial charge on any atom is 0.323 e. The van der Waals surface area contributed by atoms with Crippen molar-refractivity contribution in [2.24, 2.45) is 0 Å². The van der Waals surface area contributed by atoms with Gasteiger partial charge in [0, 0.05) is 43.2 Å². The summed E-state index contributed by atoms with van der Waals surface area (Å²) in [5, 5.41) is 37.8. The molecule has 1 atom stereocenters. The molecule has 226 valence electrons. The first kappa shape index (κ1) is 30.4. The Labute approximate surface area is 252 Å². The van der Waals surface area contributed by atoms with Crippen molar-refractivity contribution in [3.63, 3.8) is 0 Å². The lowest BCUT2D eigenvalue weighted by molar-refractivity contribution is 0.0336. The molecule has 43 heavy (non-hydrogen) atoms. The highest BCUT2D eigenvalue weighted by Gasteiger charge is 2.21. The topological polar surface area (TPSA) is 127 Å². The Balaban J connectivity index is 1.37. The average molecular weight is 585 g/mol. The maximum atomic E-state index is 13.2. The van der Waals surface area contributed by atoms with Crippen molar-refractivity contribution in [1.29, 1.82) is 0 Å². The lowest BCUT2D eigenvalue weighted by Crippen LogP contribution is -2.35. The summed E-state index contributed by atoms with van der Waals surface area (Å²) in [4.78, 5) is 20.3. The number of benzene rings is 3. The number of hydrogen-bond acceptors (Lipinski definition) is 7. The third-order valence-electron chi connectivity index (χ3n) is 7.77. The summed E-state index contributed by atoms with van der Waals surface area (Å²) in [6.45, 7) is 9.76. The van der Waals surface area contributed by atoms with E-state index in [-0.39, 0.29) is 23.3 Å². The summed E-state index contributed by atoms with van der Waals surface area (Å²) >= 11 is 0. The maximum absolute atomic E-state index is 13.2. The normalized spacial score (nSPS) is 14.9. The molecular weight excluding hydrogens is 544 g/mol. The number of aliphatic hydroxyl groups excluding tert-OH is 2. The van der Waals surface area contributed by atoms with Crippen LogP contribution in [0.2, 0.25) is 0 Å². The van der Waals surface area contributed by atoms with Crippen molar-refractivity contribution in [2.75, 3.05) is 43.5 Å². The van der Waals surface area contributed by atoms with Crippen molar-refractivity contribution >= 4 is 28.2 Å². The van der Waals surface area contributed by atoms with E-state index in [1.165, 1.54) is 0 Å². The number of nitrogens with one attached hydrogen (secondary N) is 2. The van der Waals surface area contributed by atoms with Crippen LogP contribution >= 0.6 is 0 Å². The van der Waals surface area contributed by atoms with E-state index < -0.39 is 18.7 Å². The minimum absolute atomic E-state index is 0.0533. The molecule has 5 N–H and O–H groups in total. The number of phenols is 1. The first-order valence-corrected chi connectivity index (χ1v) is 14.6. The summed E-state index contributed by atoms with van der Waals surface area (Å²) < 4.78 is 5.44. The van der Waals surface area contributed by atoms with Gasteiger partial charge in [0.25, 0.3) is 0 Å². The van der Waals surface area contributed by atoms with Crippen molar-refractivity contribution in [2.45, 2.75) is 45.3 Å². The Morgan fingerprint density at radius 3 is 2.40 bits per heavy atom. The highest BCUT2D eigenvalue weighted by Crippen LogP contribution is 2.36. The third-order valence-corrected chi connectivity index (χ3v) is 7.77. The predicted octanol–water partition coefficient (Wildman–Crippen LogP) is 5.28. The van der Waals surface area contributed by atoms with Gasteiger partial charge in [0.05, 0.1) is 43.0 Å². The summed E-state index contributed by atoms with van der Waals surface area (Å²) in [5.41, 5.74) is 4.90.